The Hall–Kier alpha value is -0.850. The molecule has 1 aromatic heterocycles. The summed E-state index contributed by atoms with van der Waals surface area (Å²) in [5.74, 6) is -0.440. The second-order valence-corrected chi connectivity index (χ2v) is 6.31. The van der Waals surface area contributed by atoms with Gasteiger partial charge in [-0.05, 0) is 32.9 Å². The zero-order chi connectivity index (χ0) is 14.5. The summed E-state index contributed by atoms with van der Waals surface area (Å²) in [4.78, 5) is 18.4. The molecule has 112 valence electrons. The number of anilines is 1. The Morgan fingerprint density at radius 1 is 1.50 bits per heavy atom. The molecular weight excluding hydrogens is 298 g/mol. The van der Waals surface area contributed by atoms with Crippen LogP contribution in [0.5, 0.6) is 0 Å². The van der Waals surface area contributed by atoms with Crippen LogP contribution in [0.2, 0.25) is 5.15 Å². The maximum Gasteiger partial charge on any atom is 0.351 e. The summed E-state index contributed by atoms with van der Waals surface area (Å²) in [5.41, 5.74) is 0. The first-order chi connectivity index (χ1) is 9.61. The van der Waals surface area contributed by atoms with E-state index >= 15 is 0 Å². The van der Waals surface area contributed by atoms with E-state index in [0.717, 1.165) is 19.6 Å². The van der Waals surface area contributed by atoms with Gasteiger partial charge in [-0.1, -0.05) is 29.4 Å². The summed E-state index contributed by atoms with van der Waals surface area (Å²) in [5, 5.41) is 4.13. The van der Waals surface area contributed by atoms with Crippen molar-refractivity contribution in [3.05, 3.63) is 10.0 Å². The van der Waals surface area contributed by atoms with E-state index in [1.165, 1.54) is 37.7 Å². The molecule has 0 aromatic carbocycles. The SMILES string of the molecule is COC(=O)c1sc(NCC(C)N2CCCCC2)nc1Cl. The lowest BCUT2D eigenvalue weighted by Crippen LogP contribution is -2.41. The molecule has 5 nitrogen and oxygen atoms in total. The monoisotopic (exact) mass is 317 g/mol. The van der Waals surface area contributed by atoms with Crippen LogP contribution >= 0.6 is 22.9 Å². The lowest BCUT2D eigenvalue weighted by Gasteiger charge is -2.32. The predicted molar refractivity (Wildman–Crippen MR) is 81.8 cm³/mol. The van der Waals surface area contributed by atoms with Gasteiger partial charge in [0.2, 0.25) is 0 Å². The van der Waals surface area contributed by atoms with E-state index in [9.17, 15) is 4.79 Å². The van der Waals surface area contributed by atoms with Crippen molar-refractivity contribution in [1.82, 2.24) is 9.88 Å². The number of hydrogen-bond acceptors (Lipinski definition) is 6. The highest BCUT2D eigenvalue weighted by molar-refractivity contribution is 7.18. The molecule has 1 unspecified atom stereocenters. The van der Waals surface area contributed by atoms with E-state index in [1.807, 2.05) is 0 Å². The van der Waals surface area contributed by atoms with E-state index in [-0.39, 0.29) is 5.15 Å². The molecule has 1 fully saturated rings. The fraction of sp³-hybridized carbons (Fsp3) is 0.692. The molecule has 0 spiro atoms. The quantitative estimate of drug-likeness (QED) is 0.846. The van der Waals surface area contributed by atoms with Crippen LogP contribution in [0.4, 0.5) is 5.13 Å². The van der Waals surface area contributed by atoms with Crippen LogP contribution in [0, 0.1) is 0 Å². The average molecular weight is 318 g/mol. The molecular formula is C13H20ClN3O2S. The third-order valence-corrected chi connectivity index (χ3v) is 4.90. The van der Waals surface area contributed by atoms with E-state index in [1.54, 1.807) is 0 Å². The van der Waals surface area contributed by atoms with Crippen molar-refractivity contribution < 1.29 is 9.53 Å². The van der Waals surface area contributed by atoms with Crippen molar-refractivity contribution in [3.63, 3.8) is 0 Å². The van der Waals surface area contributed by atoms with Gasteiger partial charge in [-0.15, -0.1) is 0 Å². The number of piperidine rings is 1. The number of thiazole rings is 1. The summed E-state index contributed by atoms with van der Waals surface area (Å²) >= 11 is 7.16. The Kier molecular flexibility index (Phi) is 5.63. The third kappa shape index (κ3) is 3.84. The summed E-state index contributed by atoms with van der Waals surface area (Å²) in [7, 11) is 1.34. The van der Waals surface area contributed by atoms with E-state index in [2.05, 4.69) is 26.9 Å². The topological polar surface area (TPSA) is 54.5 Å². The van der Waals surface area contributed by atoms with Crippen LogP contribution in [-0.2, 0) is 4.74 Å². The van der Waals surface area contributed by atoms with Gasteiger partial charge in [0.1, 0.15) is 0 Å². The molecule has 2 rings (SSSR count). The molecule has 7 heteroatoms. The van der Waals surface area contributed by atoms with Crippen LogP contribution in [-0.4, -0.2) is 48.6 Å². The number of nitrogens with one attached hydrogen (secondary N) is 1. The predicted octanol–water partition coefficient (Wildman–Crippen LogP) is 2.87. The minimum absolute atomic E-state index is 0.204. The fourth-order valence-corrected chi connectivity index (χ4v) is 3.43. The Morgan fingerprint density at radius 3 is 2.85 bits per heavy atom. The molecule has 1 aliphatic heterocycles. The first-order valence-corrected chi connectivity index (χ1v) is 8.04. The van der Waals surface area contributed by atoms with E-state index in [0.29, 0.717) is 16.1 Å². The standard InChI is InChI=1S/C13H20ClN3O2S/c1-9(17-6-4-3-5-7-17)8-15-13-16-11(14)10(20-13)12(18)19-2/h9H,3-8H2,1-2H3,(H,15,16). The number of ether oxygens (including phenoxy) is 1. The highest BCUT2D eigenvalue weighted by Crippen LogP contribution is 2.27. The molecule has 0 bridgehead atoms. The van der Waals surface area contributed by atoms with Crippen molar-refractivity contribution in [2.24, 2.45) is 0 Å². The average Bonchev–Trinajstić information content (AvgIpc) is 2.86. The number of carbonyl (C=O) groups excluding carboxylic acids is 1. The Morgan fingerprint density at radius 2 is 2.20 bits per heavy atom. The largest absolute Gasteiger partial charge is 0.465 e. The molecule has 1 saturated heterocycles. The summed E-state index contributed by atoms with van der Waals surface area (Å²) < 4.78 is 4.66. The lowest BCUT2D eigenvalue weighted by atomic mass is 10.1. The van der Waals surface area contributed by atoms with Gasteiger partial charge in [0.05, 0.1) is 7.11 Å². The maximum atomic E-state index is 11.5. The van der Waals surface area contributed by atoms with Crippen LogP contribution in [0.15, 0.2) is 0 Å². The molecule has 0 amide bonds. The highest BCUT2D eigenvalue weighted by Gasteiger charge is 2.19. The number of likely N-dealkylation sites (tertiary alicyclic amines) is 1. The van der Waals surface area contributed by atoms with Gasteiger partial charge in [-0.2, -0.15) is 0 Å². The van der Waals surface area contributed by atoms with Crippen molar-refractivity contribution in [2.45, 2.75) is 32.2 Å². The number of rotatable bonds is 5. The van der Waals surface area contributed by atoms with Crippen molar-refractivity contribution in [1.29, 1.82) is 0 Å². The van der Waals surface area contributed by atoms with Crippen LogP contribution in [0.1, 0.15) is 35.9 Å². The Bertz CT molecular complexity index is 460. The number of hydrogen-bond donors (Lipinski definition) is 1. The van der Waals surface area contributed by atoms with Crippen molar-refractivity contribution >= 4 is 34.0 Å². The maximum absolute atomic E-state index is 11.5. The second-order valence-electron chi connectivity index (χ2n) is 4.96. The van der Waals surface area contributed by atoms with Gasteiger partial charge >= 0.3 is 5.97 Å². The van der Waals surface area contributed by atoms with Crippen molar-refractivity contribution in [3.8, 4) is 0 Å². The van der Waals surface area contributed by atoms with Crippen LogP contribution in [0.25, 0.3) is 0 Å². The Labute approximate surface area is 128 Å². The van der Waals surface area contributed by atoms with Gasteiger partial charge in [0.15, 0.2) is 15.2 Å². The van der Waals surface area contributed by atoms with Crippen LogP contribution in [0.3, 0.4) is 0 Å². The Balaban J connectivity index is 1.88. The van der Waals surface area contributed by atoms with Gasteiger partial charge in [-0.3, -0.25) is 4.90 Å². The van der Waals surface area contributed by atoms with Gasteiger partial charge in [-0.25, -0.2) is 9.78 Å². The minimum atomic E-state index is -0.440. The molecule has 0 aliphatic carbocycles. The normalized spacial score (nSPS) is 17.8. The van der Waals surface area contributed by atoms with Crippen molar-refractivity contribution in [2.75, 3.05) is 32.1 Å². The molecule has 1 N–H and O–H groups in total. The first-order valence-electron chi connectivity index (χ1n) is 6.84. The molecule has 20 heavy (non-hydrogen) atoms. The molecule has 0 radical (unpaired) electrons. The first kappa shape index (κ1) is 15.5. The van der Waals surface area contributed by atoms with Gasteiger partial charge in [0, 0.05) is 12.6 Å². The summed E-state index contributed by atoms with van der Waals surface area (Å²) in [6, 6.07) is 0.444. The van der Waals surface area contributed by atoms with Crippen LogP contribution < -0.4 is 5.32 Å². The molecule has 2 heterocycles. The molecule has 1 aliphatic rings. The van der Waals surface area contributed by atoms with E-state index < -0.39 is 5.97 Å². The summed E-state index contributed by atoms with van der Waals surface area (Å²) in [6.07, 6.45) is 3.89. The zero-order valence-corrected chi connectivity index (χ0v) is 13.4. The number of methoxy groups -OCH3 is 1. The number of aromatic nitrogens is 1. The fourth-order valence-electron chi connectivity index (χ4n) is 2.32. The second kappa shape index (κ2) is 7.24. The lowest BCUT2D eigenvalue weighted by molar-refractivity contribution is 0.0606. The third-order valence-electron chi connectivity index (χ3n) is 3.52. The molecule has 1 atom stereocenters. The highest BCUT2D eigenvalue weighted by atomic mass is 35.5. The minimum Gasteiger partial charge on any atom is -0.465 e. The number of esters is 1. The zero-order valence-electron chi connectivity index (χ0n) is 11.8. The summed E-state index contributed by atoms with van der Waals surface area (Å²) in [6.45, 7) is 5.32. The van der Waals surface area contributed by atoms with E-state index in [4.69, 9.17) is 11.6 Å². The van der Waals surface area contributed by atoms with Gasteiger partial charge in [0.25, 0.3) is 0 Å². The smallest absolute Gasteiger partial charge is 0.351 e. The van der Waals surface area contributed by atoms with Gasteiger partial charge < -0.3 is 10.1 Å². The number of carbonyl (C=O) groups is 1. The number of nitrogens with zero attached hydrogens (tertiary/aromatic N) is 2. The molecule has 1 aromatic rings. The molecule has 0 saturated carbocycles. The number of halogens is 1.